The van der Waals surface area contributed by atoms with Gasteiger partial charge in [0.1, 0.15) is 17.8 Å². The van der Waals surface area contributed by atoms with E-state index in [0.717, 1.165) is 28.7 Å². The van der Waals surface area contributed by atoms with Crippen molar-refractivity contribution in [2.24, 2.45) is 11.8 Å². The average Bonchev–Trinajstić information content (AvgIpc) is 3.58. The number of para-hydroxylation sites is 1. The molecule has 2 aromatic heterocycles. The zero-order chi connectivity index (χ0) is 33.4. The molecule has 3 saturated heterocycles. The number of aromatic nitrogens is 4. The van der Waals surface area contributed by atoms with Crippen LogP contribution >= 0.6 is 0 Å². The predicted octanol–water partition coefficient (Wildman–Crippen LogP) is 10.8. The Kier molecular flexibility index (Phi) is 15.0. The first-order valence-electron chi connectivity index (χ1n) is 20.0. The normalized spacial score (nSPS) is 22.8. The van der Waals surface area contributed by atoms with Crippen molar-refractivity contribution in [2.75, 3.05) is 19.6 Å². The Morgan fingerprint density at radius 3 is 2.31 bits per heavy atom. The molecule has 3 aliphatic rings. The third-order valence-electron chi connectivity index (χ3n) is 11.7. The van der Waals surface area contributed by atoms with Gasteiger partial charge in [0.15, 0.2) is 0 Å². The van der Waals surface area contributed by atoms with Crippen LogP contribution in [0.2, 0.25) is 0 Å². The molecular weight excluding hydrogens is 590 g/mol. The van der Waals surface area contributed by atoms with Gasteiger partial charge in [-0.05, 0) is 42.9 Å². The molecule has 3 fully saturated rings. The summed E-state index contributed by atoms with van der Waals surface area (Å²) in [5.74, 6) is 1.30. The van der Waals surface area contributed by atoms with E-state index in [2.05, 4.69) is 73.3 Å². The average molecular weight is 657 g/mol. The lowest BCUT2D eigenvalue weighted by atomic mass is 9.71. The van der Waals surface area contributed by atoms with Crippen LogP contribution in [-0.2, 0) is 17.9 Å². The molecule has 6 nitrogen and oxygen atoms in total. The number of pyridine rings is 1. The molecule has 0 spiro atoms. The van der Waals surface area contributed by atoms with Gasteiger partial charge in [0.05, 0.1) is 38.0 Å². The van der Waals surface area contributed by atoms with Crippen LogP contribution in [0.1, 0.15) is 147 Å². The van der Waals surface area contributed by atoms with Crippen molar-refractivity contribution in [1.82, 2.24) is 20.0 Å². The number of aryl methyl sites for hydroxylation is 1. The number of ether oxygens (including phenoxy) is 1. The van der Waals surface area contributed by atoms with E-state index >= 15 is 0 Å². The minimum Gasteiger partial charge on any atom is -0.361 e. The molecule has 5 heterocycles. The van der Waals surface area contributed by atoms with Crippen LogP contribution in [0.4, 0.5) is 0 Å². The highest BCUT2D eigenvalue weighted by Gasteiger charge is 2.54. The summed E-state index contributed by atoms with van der Waals surface area (Å²) in [5, 5.41) is 10.3. The number of fused-ring (bicyclic) bond motifs is 4. The summed E-state index contributed by atoms with van der Waals surface area (Å²) in [7, 11) is 0. The Labute approximate surface area is 292 Å². The lowest BCUT2D eigenvalue weighted by Crippen LogP contribution is -2.68. The van der Waals surface area contributed by atoms with Gasteiger partial charge in [-0.2, -0.15) is 0 Å². The summed E-state index contributed by atoms with van der Waals surface area (Å²) in [4.78, 5) is 4.74. The van der Waals surface area contributed by atoms with Crippen molar-refractivity contribution in [3.63, 3.8) is 0 Å². The van der Waals surface area contributed by atoms with E-state index < -0.39 is 0 Å². The Bertz CT molecular complexity index is 1350. The Morgan fingerprint density at radius 1 is 0.896 bits per heavy atom. The standard InChI is InChI=1S/C42H66N5O/c1-4-7-9-11-13-15-17-21-28-46-32-37(44-45-46)34-48-42(39-25-27-43-40-24-20-19-23-38(39)40)41-31-36-26-30-47(41,33-35(36)6-3)29-22-18-16-14-12-10-8-5-2/h6,19-20,23-25,27,32,35-36,41-42H,3-5,7-18,21-22,26,28-31,33-34H2,1-2H3/q+1/t35-,36-,41-,42-,47?/m0/s1. The van der Waals surface area contributed by atoms with Crippen molar-refractivity contribution in [3.8, 4) is 0 Å². The van der Waals surface area contributed by atoms with Crippen LogP contribution in [0.3, 0.4) is 0 Å². The van der Waals surface area contributed by atoms with E-state index in [4.69, 9.17) is 9.72 Å². The maximum Gasteiger partial charge on any atom is 0.135 e. The van der Waals surface area contributed by atoms with Gasteiger partial charge in [-0.25, -0.2) is 0 Å². The first kappa shape index (κ1) is 36.7. The summed E-state index contributed by atoms with van der Waals surface area (Å²) in [6.45, 7) is 14.0. The molecule has 3 aromatic rings. The molecule has 0 amide bonds. The molecule has 6 heteroatoms. The minimum atomic E-state index is -0.0154. The third kappa shape index (κ3) is 10.00. The van der Waals surface area contributed by atoms with Crippen LogP contribution in [0.15, 0.2) is 55.4 Å². The van der Waals surface area contributed by atoms with E-state index in [9.17, 15) is 0 Å². The smallest absolute Gasteiger partial charge is 0.135 e. The van der Waals surface area contributed by atoms with E-state index in [0.29, 0.717) is 24.5 Å². The summed E-state index contributed by atoms with van der Waals surface area (Å²) in [5.41, 5.74) is 3.27. The number of quaternary nitrogens is 1. The SMILES string of the molecule is C=C[C@H]1C[N+]2(CCCCCCCCCC)CC[C@H]1C[C@H]2[C@@H](OCc1cn(CCCCCCCCCC)nn1)c1ccnc2ccccc12. The summed E-state index contributed by atoms with van der Waals surface area (Å²) in [6.07, 6.45) is 30.3. The van der Waals surface area contributed by atoms with Crippen molar-refractivity contribution in [2.45, 2.75) is 155 Å². The Balaban J connectivity index is 1.28. The number of unbranched alkanes of at least 4 members (excludes halogenated alkanes) is 14. The number of piperidine rings is 3. The molecule has 0 radical (unpaired) electrons. The van der Waals surface area contributed by atoms with E-state index in [1.807, 2.05) is 10.9 Å². The van der Waals surface area contributed by atoms with Crippen LogP contribution < -0.4 is 0 Å². The zero-order valence-electron chi connectivity index (χ0n) is 30.5. The number of hydrogen-bond acceptors (Lipinski definition) is 4. The highest BCUT2D eigenvalue weighted by Crippen LogP contribution is 2.48. The topological polar surface area (TPSA) is 52.8 Å². The first-order chi connectivity index (χ1) is 23.7. The summed E-state index contributed by atoms with van der Waals surface area (Å²) < 4.78 is 10.3. The fourth-order valence-corrected chi connectivity index (χ4v) is 8.90. The number of rotatable bonds is 24. The van der Waals surface area contributed by atoms with E-state index in [-0.39, 0.29) is 6.10 Å². The molecular formula is C42H66N5O+. The molecule has 5 atom stereocenters. The minimum absolute atomic E-state index is 0.0154. The van der Waals surface area contributed by atoms with Gasteiger partial charge in [-0.3, -0.25) is 9.67 Å². The molecule has 1 unspecified atom stereocenters. The molecule has 264 valence electrons. The molecule has 2 bridgehead atoms. The van der Waals surface area contributed by atoms with Gasteiger partial charge in [-0.1, -0.05) is 127 Å². The van der Waals surface area contributed by atoms with Gasteiger partial charge in [0.2, 0.25) is 0 Å². The van der Waals surface area contributed by atoms with Crippen molar-refractivity contribution < 1.29 is 9.22 Å². The van der Waals surface area contributed by atoms with Gasteiger partial charge in [0, 0.05) is 36.9 Å². The second-order valence-corrected chi connectivity index (χ2v) is 15.2. The number of nitrogens with zero attached hydrogens (tertiary/aromatic N) is 5. The Hall–Kier alpha value is -2.57. The maximum atomic E-state index is 7.11. The summed E-state index contributed by atoms with van der Waals surface area (Å²) in [6, 6.07) is 11.3. The maximum absolute atomic E-state index is 7.11. The predicted molar refractivity (Wildman–Crippen MR) is 200 cm³/mol. The van der Waals surface area contributed by atoms with Gasteiger partial charge < -0.3 is 9.22 Å². The van der Waals surface area contributed by atoms with Crippen LogP contribution in [-0.4, -0.2) is 50.1 Å². The second kappa shape index (κ2) is 19.6. The summed E-state index contributed by atoms with van der Waals surface area (Å²) >= 11 is 0. The van der Waals surface area contributed by atoms with Gasteiger partial charge in [0.25, 0.3) is 0 Å². The molecule has 48 heavy (non-hydrogen) atoms. The monoisotopic (exact) mass is 657 g/mol. The lowest BCUT2D eigenvalue weighted by Gasteiger charge is -2.58. The van der Waals surface area contributed by atoms with Crippen LogP contribution in [0, 0.1) is 11.8 Å². The molecule has 0 N–H and O–H groups in total. The second-order valence-electron chi connectivity index (χ2n) is 15.2. The zero-order valence-corrected chi connectivity index (χ0v) is 30.5. The molecule has 1 aromatic carbocycles. The number of hydrogen-bond donors (Lipinski definition) is 0. The van der Waals surface area contributed by atoms with Crippen LogP contribution in [0.5, 0.6) is 0 Å². The van der Waals surface area contributed by atoms with Crippen LogP contribution in [0.25, 0.3) is 10.9 Å². The largest absolute Gasteiger partial charge is 0.361 e. The van der Waals surface area contributed by atoms with Crippen molar-refractivity contribution in [1.29, 1.82) is 0 Å². The highest BCUT2D eigenvalue weighted by atomic mass is 16.5. The number of benzene rings is 1. The lowest BCUT2D eigenvalue weighted by molar-refractivity contribution is -0.973. The van der Waals surface area contributed by atoms with E-state index in [1.165, 1.54) is 140 Å². The molecule has 0 saturated carbocycles. The molecule has 3 aliphatic heterocycles. The first-order valence-corrected chi connectivity index (χ1v) is 20.0. The fraction of sp³-hybridized carbons (Fsp3) is 0.690. The molecule has 6 rings (SSSR count). The van der Waals surface area contributed by atoms with Gasteiger partial charge in [-0.15, -0.1) is 11.7 Å². The quantitative estimate of drug-likeness (QED) is 0.0547. The highest BCUT2D eigenvalue weighted by molar-refractivity contribution is 5.82. The van der Waals surface area contributed by atoms with Crippen molar-refractivity contribution >= 4 is 10.9 Å². The van der Waals surface area contributed by atoms with E-state index in [1.54, 1.807) is 0 Å². The fourth-order valence-electron chi connectivity index (χ4n) is 8.90. The van der Waals surface area contributed by atoms with Gasteiger partial charge >= 0.3 is 0 Å². The third-order valence-corrected chi connectivity index (χ3v) is 11.7. The molecule has 0 aliphatic carbocycles. The van der Waals surface area contributed by atoms with Crippen molar-refractivity contribution in [3.05, 3.63) is 66.6 Å². The Morgan fingerprint density at radius 2 is 1.58 bits per heavy atom.